The molecule has 0 unspecified atom stereocenters. The molecule has 1 aliphatic rings. The highest BCUT2D eigenvalue weighted by Gasteiger charge is 2.23. The normalized spacial score (nSPS) is 17.7. The smallest absolute Gasteiger partial charge is 0.230 e. The molecule has 1 aliphatic heterocycles. The lowest BCUT2D eigenvalue weighted by Crippen LogP contribution is -2.32. The van der Waals surface area contributed by atoms with E-state index < -0.39 is 0 Å². The number of carbonyl (C=O) groups excluding carboxylic acids is 1. The molecular formula is C12H16N4O2. The average Bonchev–Trinajstić information content (AvgIpc) is 2.46. The Morgan fingerprint density at radius 2 is 2.22 bits per heavy atom. The van der Waals surface area contributed by atoms with Crippen molar-refractivity contribution < 1.29 is 9.53 Å². The number of rotatable bonds is 1. The molecule has 0 atom stereocenters. The molecule has 6 heteroatoms. The number of hydrogen-bond acceptors (Lipinski definition) is 5. The summed E-state index contributed by atoms with van der Waals surface area (Å²) in [6.07, 6.45) is 0.149. The largest absolute Gasteiger partial charge is 0.497 e. The molecule has 0 aliphatic carbocycles. The molecule has 6 nitrogen and oxygen atoms in total. The number of amides is 1. The van der Waals surface area contributed by atoms with Crippen LogP contribution in [-0.4, -0.2) is 13.0 Å². The second kappa shape index (κ2) is 4.58. The van der Waals surface area contributed by atoms with E-state index in [-0.39, 0.29) is 12.3 Å². The van der Waals surface area contributed by atoms with Gasteiger partial charge in [-0.3, -0.25) is 9.80 Å². The fraction of sp³-hybridized carbons (Fsp3) is 0.250. The Morgan fingerprint density at radius 3 is 2.83 bits per heavy atom. The summed E-state index contributed by atoms with van der Waals surface area (Å²) in [6.45, 7) is 1.72. The predicted molar refractivity (Wildman–Crippen MR) is 69.8 cm³/mol. The average molecular weight is 248 g/mol. The molecular weight excluding hydrogens is 232 g/mol. The zero-order valence-corrected chi connectivity index (χ0v) is 10.4. The van der Waals surface area contributed by atoms with Crippen molar-refractivity contribution in [3.63, 3.8) is 0 Å². The minimum absolute atomic E-state index is 0.144. The van der Waals surface area contributed by atoms with Crippen molar-refractivity contribution in [2.75, 3.05) is 17.4 Å². The van der Waals surface area contributed by atoms with Crippen LogP contribution in [0.15, 0.2) is 29.6 Å². The van der Waals surface area contributed by atoms with Crippen LogP contribution in [0.25, 0.3) is 0 Å². The van der Waals surface area contributed by atoms with Gasteiger partial charge in [0.05, 0.1) is 30.6 Å². The number of hydrogen-bond donors (Lipinski definition) is 3. The third-order valence-corrected chi connectivity index (χ3v) is 2.81. The maximum atomic E-state index is 11.7. The summed E-state index contributed by atoms with van der Waals surface area (Å²) in [5.41, 5.74) is 8.15. The topological polar surface area (TPSA) is 93.6 Å². The van der Waals surface area contributed by atoms with Crippen molar-refractivity contribution >= 4 is 17.3 Å². The molecule has 0 radical (unpaired) electrons. The molecule has 1 amide bonds. The van der Waals surface area contributed by atoms with Crippen molar-refractivity contribution in [1.82, 2.24) is 0 Å². The summed E-state index contributed by atoms with van der Waals surface area (Å²) < 4.78 is 5.15. The molecule has 0 fully saturated rings. The highest BCUT2D eigenvalue weighted by molar-refractivity contribution is 5.98. The number of methoxy groups -OCH3 is 1. The van der Waals surface area contributed by atoms with Crippen molar-refractivity contribution in [3.05, 3.63) is 29.6 Å². The number of ether oxygens (including phenoxy) is 1. The maximum Gasteiger partial charge on any atom is 0.230 e. The molecule has 0 saturated carbocycles. The fourth-order valence-corrected chi connectivity index (χ4v) is 1.85. The lowest BCUT2D eigenvalue weighted by Gasteiger charge is -2.22. The summed E-state index contributed by atoms with van der Waals surface area (Å²) in [7, 11) is 1.57. The van der Waals surface area contributed by atoms with Crippen molar-refractivity contribution in [1.29, 1.82) is 0 Å². The Morgan fingerprint density at radius 1 is 1.50 bits per heavy atom. The molecule has 96 valence electrons. The van der Waals surface area contributed by atoms with E-state index in [0.717, 1.165) is 0 Å². The van der Waals surface area contributed by atoms with Crippen LogP contribution >= 0.6 is 0 Å². The number of nitrogens with one attached hydrogen (secondary N) is 1. The number of benzene rings is 1. The van der Waals surface area contributed by atoms with Gasteiger partial charge in [-0.2, -0.15) is 0 Å². The molecule has 0 saturated heterocycles. The molecule has 0 spiro atoms. The molecule has 1 aromatic rings. The van der Waals surface area contributed by atoms with Gasteiger partial charge >= 0.3 is 0 Å². The summed E-state index contributed by atoms with van der Waals surface area (Å²) in [4.78, 5) is 11.7. The maximum absolute atomic E-state index is 11.7. The number of nitrogens with two attached hydrogens (primary N) is 2. The number of fused-ring (bicyclic) bond motifs is 1. The Bertz CT molecular complexity index is 521. The lowest BCUT2D eigenvalue weighted by molar-refractivity contribution is -0.115. The van der Waals surface area contributed by atoms with Gasteiger partial charge in [-0.05, 0) is 19.1 Å². The molecule has 2 rings (SSSR count). The zero-order chi connectivity index (χ0) is 13.3. The van der Waals surface area contributed by atoms with Crippen LogP contribution in [0.4, 0.5) is 11.4 Å². The van der Waals surface area contributed by atoms with Gasteiger partial charge in [0.25, 0.3) is 0 Å². The number of nitrogens with zero attached hydrogens (tertiary/aromatic N) is 1. The first-order valence-electron chi connectivity index (χ1n) is 5.51. The summed E-state index contributed by atoms with van der Waals surface area (Å²) in [5.74, 6) is 6.54. The highest BCUT2D eigenvalue weighted by Crippen LogP contribution is 2.34. The second-order valence-electron chi connectivity index (χ2n) is 4.11. The Labute approximate surface area is 105 Å². The van der Waals surface area contributed by atoms with Gasteiger partial charge in [0.2, 0.25) is 5.91 Å². The van der Waals surface area contributed by atoms with Gasteiger partial charge in [0.15, 0.2) is 0 Å². The summed E-state index contributed by atoms with van der Waals surface area (Å²) in [5, 5.41) is 4.20. The van der Waals surface area contributed by atoms with Gasteiger partial charge < -0.3 is 15.8 Å². The monoisotopic (exact) mass is 248 g/mol. The van der Waals surface area contributed by atoms with E-state index >= 15 is 0 Å². The van der Waals surface area contributed by atoms with Crippen LogP contribution in [0.3, 0.4) is 0 Å². The van der Waals surface area contributed by atoms with E-state index in [2.05, 4.69) is 5.32 Å². The highest BCUT2D eigenvalue weighted by atomic mass is 16.5. The number of hydrazine groups is 1. The Kier molecular flexibility index (Phi) is 3.12. The van der Waals surface area contributed by atoms with E-state index in [1.54, 1.807) is 32.2 Å². The van der Waals surface area contributed by atoms with E-state index in [1.807, 2.05) is 0 Å². The van der Waals surface area contributed by atoms with Crippen LogP contribution in [0.5, 0.6) is 5.75 Å². The van der Waals surface area contributed by atoms with E-state index in [1.165, 1.54) is 5.01 Å². The lowest BCUT2D eigenvalue weighted by atomic mass is 10.2. The standard InChI is InChI=1S/C12H16N4O2/c1-7(13)10-6-12(17)15-9-4-3-8(18-2)5-11(9)16(10)14/h3-5H,6,13-14H2,1-2H3,(H,15,17)/b10-7-. The molecule has 1 aromatic carbocycles. The molecule has 5 N–H and O–H groups in total. The number of carbonyl (C=O) groups is 1. The first-order valence-corrected chi connectivity index (χ1v) is 5.51. The van der Waals surface area contributed by atoms with E-state index in [9.17, 15) is 4.79 Å². The minimum atomic E-state index is -0.144. The molecule has 18 heavy (non-hydrogen) atoms. The summed E-state index contributed by atoms with van der Waals surface area (Å²) in [6, 6.07) is 5.27. The number of anilines is 2. The molecule has 1 heterocycles. The third kappa shape index (κ3) is 2.10. The Hall–Kier alpha value is -2.21. The van der Waals surface area contributed by atoms with Gasteiger partial charge in [0, 0.05) is 11.8 Å². The fourth-order valence-electron chi connectivity index (χ4n) is 1.85. The van der Waals surface area contributed by atoms with Crippen LogP contribution in [0.1, 0.15) is 13.3 Å². The van der Waals surface area contributed by atoms with Crippen molar-refractivity contribution in [3.8, 4) is 5.75 Å². The van der Waals surface area contributed by atoms with E-state index in [4.69, 9.17) is 16.3 Å². The van der Waals surface area contributed by atoms with Gasteiger partial charge in [-0.1, -0.05) is 0 Å². The van der Waals surface area contributed by atoms with Gasteiger partial charge in [-0.15, -0.1) is 0 Å². The van der Waals surface area contributed by atoms with Crippen LogP contribution in [-0.2, 0) is 4.79 Å². The zero-order valence-electron chi connectivity index (χ0n) is 10.4. The molecule has 0 bridgehead atoms. The first kappa shape index (κ1) is 12.3. The minimum Gasteiger partial charge on any atom is -0.497 e. The van der Waals surface area contributed by atoms with Crippen LogP contribution in [0, 0.1) is 0 Å². The SMILES string of the molecule is COc1ccc2c(c1)N(N)/C(=C(/C)N)CC(=O)N2. The quantitative estimate of drug-likeness (QED) is 0.642. The summed E-state index contributed by atoms with van der Waals surface area (Å²) >= 11 is 0. The first-order chi connectivity index (χ1) is 8.52. The van der Waals surface area contributed by atoms with Crippen LogP contribution < -0.4 is 26.6 Å². The van der Waals surface area contributed by atoms with Crippen molar-refractivity contribution in [2.45, 2.75) is 13.3 Å². The molecule has 0 aromatic heterocycles. The van der Waals surface area contributed by atoms with Crippen molar-refractivity contribution in [2.24, 2.45) is 11.6 Å². The van der Waals surface area contributed by atoms with Gasteiger partial charge in [-0.25, -0.2) is 5.84 Å². The number of allylic oxidation sites excluding steroid dienone is 1. The predicted octanol–water partition coefficient (Wildman–Crippen LogP) is 0.908. The Balaban J connectivity index is 2.57. The van der Waals surface area contributed by atoms with Gasteiger partial charge in [0.1, 0.15) is 5.75 Å². The van der Waals surface area contributed by atoms with E-state index in [0.29, 0.717) is 28.5 Å². The second-order valence-corrected chi connectivity index (χ2v) is 4.11. The van der Waals surface area contributed by atoms with Crippen LogP contribution in [0.2, 0.25) is 0 Å². The third-order valence-electron chi connectivity index (χ3n) is 2.81.